The van der Waals surface area contributed by atoms with Gasteiger partial charge < -0.3 is 34.5 Å². The standard InChI is InChI=1S/C33H45N5O9P2S/c1-32-14-13-27-26-10-8-24(39)20-23(26)7-9-28(27)29(32)11-12-30(32)35-37-31(50)36-34-21-22-5-3-6-25(19-22)47-18-4-16-38(2)17-15-33(40,48(41,42)43)49(44,45)46/h3,5-6,8,10,19-21,27-29,40H,2,4,7,9,11-18H2,1H3,(H6-,36,37,39,41,42,43,44,45,46,50)/p+1. The Hall–Kier alpha value is -3.00. The minimum Gasteiger partial charge on any atom is -0.508 e. The second-order valence-electron chi connectivity index (χ2n) is 13.7. The van der Waals surface area contributed by atoms with Crippen molar-refractivity contribution in [1.82, 2.24) is 10.9 Å². The summed E-state index contributed by atoms with van der Waals surface area (Å²) in [5.41, 5.74) is 10.4. The van der Waals surface area contributed by atoms with Gasteiger partial charge in [0, 0.05) is 17.5 Å². The Labute approximate surface area is 296 Å². The molecule has 8 N–H and O–H groups in total. The van der Waals surface area contributed by atoms with Gasteiger partial charge in [0.15, 0.2) is 0 Å². The van der Waals surface area contributed by atoms with Gasteiger partial charge in [-0.05, 0) is 109 Å². The molecular weight excluding hydrogens is 704 g/mol. The lowest BCUT2D eigenvalue weighted by molar-refractivity contribution is -0.521. The molecule has 50 heavy (non-hydrogen) atoms. The van der Waals surface area contributed by atoms with Crippen molar-refractivity contribution >= 4 is 51.2 Å². The number of nitrogens with one attached hydrogen (secondary N) is 2. The maximum atomic E-state index is 11.5. The van der Waals surface area contributed by atoms with Gasteiger partial charge in [0.05, 0.1) is 19.2 Å². The third kappa shape index (κ3) is 8.37. The van der Waals surface area contributed by atoms with Gasteiger partial charge in [-0.2, -0.15) is 10.2 Å². The second kappa shape index (κ2) is 15.3. The van der Waals surface area contributed by atoms with Gasteiger partial charge in [0.25, 0.3) is 5.08 Å². The maximum Gasteiger partial charge on any atom is 0.369 e. The molecular formula is C33H46N5O9P2S+. The molecule has 4 unspecified atom stereocenters. The van der Waals surface area contributed by atoms with Gasteiger partial charge in [-0.25, -0.2) is 4.58 Å². The van der Waals surface area contributed by atoms with Crippen molar-refractivity contribution in [2.24, 2.45) is 27.5 Å². The first-order chi connectivity index (χ1) is 23.5. The van der Waals surface area contributed by atoms with Crippen molar-refractivity contribution < 1.29 is 48.2 Å². The molecule has 0 aromatic heterocycles. The number of thiocarbonyl (C=S) groups is 1. The molecule has 5 rings (SSSR count). The van der Waals surface area contributed by atoms with Crippen LogP contribution in [0, 0.1) is 17.3 Å². The third-order valence-electron chi connectivity index (χ3n) is 10.6. The zero-order valence-electron chi connectivity index (χ0n) is 27.9. The summed E-state index contributed by atoms with van der Waals surface area (Å²) in [5, 5.41) is 25.8. The Balaban J connectivity index is 1.05. The minimum absolute atomic E-state index is 0.0243. The molecule has 0 saturated heterocycles. The number of phenolic OH excluding ortho intramolecular Hbond substituents is 1. The van der Waals surface area contributed by atoms with Gasteiger partial charge in [-0.15, -0.1) is 0 Å². The first kappa shape index (κ1) is 38.2. The Morgan fingerprint density at radius 1 is 1.10 bits per heavy atom. The number of phenols is 1. The van der Waals surface area contributed by atoms with Gasteiger partial charge in [0.1, 0.15) is 31.3 Å². The fraction of sp³-hybridized carbons (Fsp3) is 0.515. The van der Waals surface area contributed by atoms with Crippen molar-refractivity contribution in [1.29, 1.82) is 0 Å². The number of aryl methyl sites for hydroxylation is 1. The lowest BCUT2D eigenvalue weighted by Crippen LogP contribution is -2.43. The number of nitrogens with zero attached hydrogens (tertiary/aromatic N) is 3. The molecule has 2 fully saturated rings. The number of hydrazone groups is 2. The smallest absolute Gasteiger partial charge is 0.369 e. The summed E-state index contributed by atoms with van der Waals surface area (Å²) >= 11 is 5.44. The first-order valence-electron chi connectivity index (χ1n) is 16.6. The SMILES string of the molecule is C=[N+](CCCOc1cccc(C=NNC(=S)NN=C2CCC3C4CCc5cc(O)ccc5C4CCC23C)c1)CCC(O)(P(=O)(O)O)P(=O)(O)O. The number of benzene rings is 2. The quantitative estimate of drug-likeness (QED) is 0.0365. The van der Waals surface area contributed by atoms with E-state index in [2.05, 4.69) is 35.7 Å². The highest BCUT2D eigenvalue weighted by Crippen LogP contribution is 2.69. The summed E-state index contributed by atoms with van der Waals surface area (Å²) in [6.07, 6.45) is 7.53. The average molecular weight is 751 g/mol. The summed E-state index contributed by atoms with van der Waals surface area (Å²) in [6.45, 7) is 6.32. The van der Waals surface area contributed by atoms with E-state index in [0.29, 0.717) is 35.7 Å². The molecule has 0 heterocycles. The van der Waals surface area contributed by atoms with E-state index in [-0.39, 0.29) is 30.2 Å². The van der Waals surface area contributed by atoms with Crippen LogP contribution in [0.5, 0.6) is 11.5 Å². The van der Waals surface area contributed by atoms with E-state index in [9.17, 15) is 38.9 Å². The summed E-state index contributed by atoms with van der Waals surface area (Å²) in [6, 6.07) is 13.1. The summed E-state index contributed by atoms with van der Waals surface area (Å²) in [7, 11) is -11.0. The summed E-state index contributed by atoms with van der Waals surface area (Å²) in [4.78, 5) is 37.1. The zero-order chi connectivity index (χ0) is 36.3. The van der Waals surface area contributed by atoms with E-state index in [1.54, 1.807) is 24.4 Å². The number of fused-ring (bicyclic) bond motifs is 5. The van der Waals surface area contributed by atoms with Crippen molar-refractivity contribution in [2.45, 2.75) is 69.3 Å². The van der Waals surface area contributed by atoms with E-state index < -0.39 is 26.7 Å². The number of hydrogen-bond acceptors (Lipinski definition) is 8. The molecule has 2 aromatic rings. The second-order valence-corrected chi connectivity index (χ2v) is 18.1. The Kier molecular flexibility index (Phi) is 11.7. The number of ether oxygens (including phenoxy) is 1. The van der Waals surface area contributed by atoms with Crippen LogP contribution in [0.2, 0.25) is 0 Å². The van der Waals surface area contributed by atoms with Crippen LogP contribution in [-0.2, 0) is 15.6 Å². The van der Waals surface area contributed by atoms with Crippen LogP contribution in [0.15, 0.2) is 52.7 Å². The molecule has 17 heteroatoms. The number of aliphatic hydroxyl groups is 1. The molecule has 14 nitrogen and oxygen atoms in total. The normalized spacial score (nSPS) is 24.4. The molecule has 0 bridgehead atoms. The fourth-order valence-electron chi connectivity index (χ4n) is 7.89. The van der Waals surface area contributed by atoms with Gasteiger partial charge in [-0.3, -0.25) is 20.0 Å². The van der Waals surface area contributed by atoms with Gasteiger partial charge in [-0.1, -0.05) is 25.1 Å². The number of aromatic hydroxyl groups is 1. The summed E-state index contributed by atoms with van der Waals surface area (Å²) in [5.74, 6) is 2.63. The first-order valence-corrected chi connectivity index (χ1v) is 20.2. The van der Waals surface area contributed by atoms with Crippen LogP contribution >= 0.6 is 27.4 Å². The van der Waals surface area contributed by atoms with Crippen LogP contribution < -0.4 is 15.6 Å². The van der Waals surface area contributed by atoms with E-state index in [0.717, 1.165) is 49.8 Å². The highest BCUT2D eigenvalue weighted by atomic mass is 32.1. The lowest BCUT2D eigenvalue weighted by Gasteiger charge is -2.49. The monoisotopic (exact) mass is 750 g/mol. The fourth-order valence-corrected chi connectivity index (χ4v) is 10.1. The summed E-state index contributed by atoms with van der Waals surface area (Å²) < 4.78 is 30.2. The van der Waals surface area contributed by atoms with Gasteiger partial charge >= 0.3 is 15.2 Å². The predicted molar refractivity (Wildman–Crippen MR) is 194 cm³/mol. The van der Waals surface area contributed by atoms with Crippen LogP contribution in [0.25, 0.3) is 0 Å². The Bertz CT molecular complexity index is 1740. The van der Waals surface area contributed by atoms with Crippen LogP contribution in [0.1, 0.15) is 74.5 Å². The van der Waals surface area contributed by atoms with Crippen molar-refractivity contribution in [3.8, 4) is 11.5 Å². The molecule has 0 radical (unpaired) electrons. The van der Waals surface area contributed by atoms with Gasteiger partial charge in [0.2, 0.25) is 5.11 Å². The maximum absolute atomic E-state index is 11.5. The third-order valence-corrected chi connectivity index (χ3v) is 14.6. The predicted octanol–water partition coefficient (Wildman–Crippen LogP) is 3.98. The van der Waals surface area contributed by atoms with Crippen LogP contribution in [0.4, 0.5) is 0 Å². The van der Waals surface area contributed by atoms with E-state index in [1.807, 2.05) is 18.2 Å². The molecule has 0 spiro atoms. The van der Waals surface area contributed by atoms with Crippen LogP contribution in [-0.4, -0.2) is 82.9 Å². The van der Waals surface area contributed by atoms with E-state index >= 15 is 0 Å². The van der Waals surface area contributed by atoms with Crippen molar-refractivity contribution in [2.75, 3.05) is 19.7 Å². The lowest BCUT2D eigenvalue weighted by atomic mass is 9.55. The molecule has 272 valence electrons. The molecule has 3 aliphatic rings. The highest BCUT2D eigenvalue weighted by molar-refractivity contribution is 7.80. The molecule has 0 aliphatic heterocycles. The number of hydrogen-bond donors (Lipinski definition) is 8. The zero-order valence-corrected chi connectivity index (χ0v) is 30.5. The largest absolute Gasteiger partial charge is 0.508 e. The van der Waals surface area contributed by atoms with Crippen molar-refractivity contribution in [3.63, 3.8) is 0 Å². The molecule has 2 saturated carbocycles. The molecule has 0 amide bonds. The Morgan fingerprint density at radius 3 is 2.60 bits per heavy atom. The van der Waals surface area contributed by atoms with E-state index in [1.165, 1.54) is 15.7 Å². The molecule has 2 aromatic carbocycles. The van der Waals surface area contributed by atoms with E-state index in [4.69, 9.17) is 22.1 Å². The average Bonchev–Trinajstić information content (AvgIpc) is 3.39. The minimum atomic E-state index is -5.51. The molecule has 4 atom stereocenters. The molecule has 3 aliphatic carbocycles. The topological polar surface area (TPSA) is 217 Å². The Morgan fingerprint density at radius 2 is 1.86 bits per heavy atom. The van der Waals surface area contributed by atoms with Crippen LogP contribution in [0.3, 0.4) is 0 Å². The van der Waals surface area contributed by atoms with Crippen molar-refractivity contribution in [3.05, 3.63) is 59.2 Å². The number of rotatable bonds is 13. The highest BCUT2D eigenvalue weighted by Gasteiger charge is 2.59.